The quantitative estimate of drug-likeness (QED) is 0.269. The van der Waals surface area contributed by atoms with Gasteiger partial charge in [-0.25, -0.2) is 10.6 Å². The highest BCUT2D eigenvalue weighted by Gasteiger charge is 1.77. The molecule has 4 N–H and O–H groups in total. The number of hydrogen-bond acceptors (Lipinski definition) is 4. The maximum atomic E-state index is 9.13. The monoisotopic (exact) mass is 156 g/mol. The second-order valence-electron chi connectivity index (χ2n) is 1.36. The number of hydrazine groups is 1. The van der Waals surface area contributed by atoms with Crippen LogP contribution in [-0.2, 0) is 0 Å². The average molecular weight is 156 g/mol. The van der Waals surface area contributed by atoms with E-state index in [0.29, 0.717) is 0 Å². The number of nitrogens with zero attached hydrogens (tertiary/aromatic N) is 2. The van der Waals surface area contributed by atoms with Crippen LogP contribution in [0.15, 0.2) is 24.5 Å². The van der Waals surface area contributed by atoms with Crippen molar-refractivity contribution in [2.45, 2.75) is 0 Å². The molecule has 0 saturated heterocycles. The Balaban J connectivity index is 0.000000187. The summed E-state index contributed by atoms with van der Waals surface area (Å²) in [5.74, 6) is 4.32. The van der Waals surface area contributed by atoms with Gasteiger partial charge in [0.2, 0.25) is 0 Å². The zero-order valence-electron chi connectivity index (χ0n) is 5.64. The third-order valence-electron chi connectivity index (χ3n) is 0.607. The fourth-order valence-electron chi connectivity index (χ4n) is 0.253. The van der Waals surface area contributed by atoms with Crippen molar-refractivity contribution in [3.05, 3.63) is 24.5 Å². The Kier molecular flexibility index (Phi) is 5.44. The summed E-state index contributed by atoms with van der Waals surface area (Å²) in [6.07, 6.45) is 2.06. The summed E-state index contributed by atoms with van der Waals surface area (Å²) < 4.78 is 0. The van der Waals surface area contributed by atoms with Crippen LogP contribution in [0.5, 0.6) is 0 Å². The van der Waals surface area contributed by atoms with E-state index < -0.39 is 6.09 Å². The minimum atomic E-state index is -1.22. The fourth-order valence-corrected chi connectivity index (χ4v) is 0.253. The lowest BCUT2D eigenvalue weighted by Crippen LogP contribution is -2.27. The molecule has 6 nitrogen and oxygen atoms in total. The highest BCUT2D eigenvalue weighted by atomic mass is 16.4. The van der Waals surface area contributed by atoms with E-state index >= 15 is 0 Å². The van der Waals surface area contributed by atoms with E-state index in [1.54, 1.807) is 12.4 Å². The number of rotatable bonds is 0. The van der Waals surface area contributed by atoms with E-state index in [4.69, 9.17) is 9.90 Å². The first-order valence-electron chi connectivity index (χ1n) is 2.68. The van der Waals surface area contributed by atoms with Crippen LogP contribution in [0.2, 0.25) is 0 Å². The standard InChI is InChI=1S/C4H4N2.CH4N2O2/c1-2-4-6-5-3-1;2-3-1(4)5/h1-4H;3H,2H2,(H,4,5). The number of hydrogen-bond donors (Lipinski definition) is 3. The van der Waals surface area contributed by atoms with Crippen LogP contribution in [0.4, 0.5) is 4.79 Å². The summed E-state index contributed by atoms with van der Waals surface area (Å²) in [4.78, 5) is 9.13. The van der Waals surface area contributed by atoms with Gasteiger partial charge < -0.3 is 5.11 Å². The van der Waals surface area contributed by atoms with Gasteiger partial charge in [-0.15, -0.1) is 0 Å². The van der Waals surface area contributed by atoms with Crippen molar-refractivity contribution in [3.63, 3.8) is 0 Å². The number of carbonyl (C=O) groups is 1. The molecular formula is C5H8N4O2. The number of amides is 1. The molecule has 0 radical (unpaired) electrons. The van der Waals surface area contributed by atoms with Crippen molar-refractivity contribution >= 4 is 6.09 Å². The summed E-state index contributed by atoms with van der Waals surface area (Å²) >= 11 is 0. The molecule has 1 heterocycles. The maximum absolute atomic E-state index is 9.13. The molecule has 0 bridgehead atoms. The lowest BCUT2D eigenvalue weighted by molar-refractivity contribution is 0.194. The summed E-state index contributed by atoms with van der Waals surface area (Å²) in [7, 11) is 0. The Morgan fingerprint density at radius 3 is 1.82 bits per heavy atom. The molecule has 60 valence electrons. The zero-order chi connectivity index (χ0) is 8.53. The van der Waals surface area contributed by atoms with Crippen molar-refractivity contribution in [1.82, 2.24) is 15.6 Å². The molecule has 1 aromatic heterocycles. The predicted octanol–water partition coefficient (Wildman–Crippen LogP) is -0.396. The molecule has 0 aliphatic carbocycles. The molecule has 0 atom stereocenters. The molecule has 1 amide bonds. The predicted molar refractivity (Wildman–Crippen MR) is 37.4 cm³/mol. The smallest absolute Gasteiger partial charge is 0.418 e. The van der Waals surface area contributed by atoms with E-state index in [1.165, 1.54) is 5.43 Å². The highest BCUT2D eigenvalue weighted by Crippen LogP contribution is 1.68. The minimum absolute atomic E-state index is 1.22. The van der Waals surface area contributed by atoms with Gasteiger partial charge in [0.15, 0.2) is 0 Å². The van der Waals surface area contributed by atoms with Gasteiger partial charge in [0.25, 0.3) is 0 Å². The van der Waals surface area contributed by atoms with Crippen LogP contribution in [-0.4, -0.2) is 21.4 Å². The molecule has 1 aromatic rings. The van der Waals surface area contributed by atoms with E-state index in [2.05, 4.69) is 16.0 Å². The van der Waals surface area contributed by atoms with Crippen LogP contribution in [0.3, 0.4) is 0 Å². The van der Waals surface area contributed by atoms with Crippen LogP contribution in [0.25, 0.3) is 0 Å². The van der Waals surface area contributed by atoms with Crippen LogP contribution in [0.1, 0.15) is 0 Å². The fraction of sp³-hybridized carbons (Fsp3) is 0. The van der Waals surface area contributed by atoms with Gasteiger partial charge in [0.1, 0.15) is 0 Å². The van der Waals surface area contributed by atoms with Crippen LogP contribution >= 0.6 is 0 Å². The maximum Gasteiger partial charge on any atom is 0.418 e. The first-order valence-corrected chi connectivity index (χ1v) is 2.68. The molecule has 0 fully saturated rings. The molecular weight excluding hydrogens is 148 g/mol. The summed E-state index contributed by atoms with van der Waals surface area (Å²) in [6, 6.07) is 3.65. The van der Waals surface area contributed by atoms with E-state index in [0.717, 1.165) is 0 Å². The third-order valence-corrected chi connectivity index (χ3v) is 0.607. The molecule has 1 rings (SSSR count). The largest absolute Gasteiger partial charge is 0.464 e. The first-order chi connectivity index (χ1) is 5.27. The minimum Gasteiger partial charge on any atom is -0.464 e. The Labute approximate surface area is 63.0 Å². The second kappa shape index (κ2) is 6.43. The van der Waals surface area contributed by atoms with Gasteiger partial charge in [-0.05, 0) is 12.1 Å². The van der Waals surface area contributed by atoms with Gasteiger partial charge in [0.05, 0.1) is 0 Å². The Bertz CT molecular complexity index is 164. The average Bonchev–Trinajstić information content (AvgIpc) is 2.09. The molecule has 0 saturated carbocycles. The zero-order valence-corrected chi connectivity index (χ0v) is 5.64. The van der Waals surface area contributed by atoms with Crippen LogP contribution in [0, 0.1) is 0 Å². The van der Waals surface area contributed by atoms with Crippen molar-refractivity contribution in [1.29, 1.82) is 0 Å². The highest BCUT2D eigenvalue weighted by molar-refractivity contribution is 5.63. The van der Waals surface area contributed by atoms with E-state index in [-0.39, 0.29) is 0 Å². The van der Waals surface area contributed by atoms with Gasteiger partial charge in [-0.3, -0.25) is 5.43 Å². The number of nitrogens with two attached hydrogens (primary N) is 1. The Morgan fingerprint density at radius 1 is 1.36 bits per heavy atom. The Hall–Kier alpha value is -1.69. The van der Waals surface area contributed by atoms with Crippen molar-refractivity contribution in [2.75, 3.05) is 0 Å². The Morgan fingerprint density at radius 2 is 1.73 bits per heavy atom. The second-order valence-corrected chi connectivity index (χ2v) is 1.36. The van der Waals surface area contributed by atoms with E-state index in [9.17, 15) is 0 Å². The van der Waals surface area contributed by atoms with Gasteiger partial charge in [-0.1, -0.05) is 0 Å². The molecule has 11 heavy (non-hydrogen) atoms. The number of nitrogens with one attached hydrogen (secondary N) is 1. The van der Waals surface area contributed by atoms with Crippen molar-refractivity contribution < 1.29 is 9.90 Å². The molecule has 0 aliphatic rings. The SMILES string of the molecule is NNC(=O)O.c1ccnnc1. The van der Waals surface area contributed by atoms with Crippen LogP contribution < -0.4 is 11.3 Å². The van der Waals surface area contributed by atoms with Crippen molar-refractivity contribution in [3.8, 4) is 0 Å². The summed E-state index contributed by atoms with van der Waals surface area (Å²) in [5, 5.41) is 14.6. The molecule has 0 spiro atoms. The van der Waals surface area contributed by atoms with Crippen molar-refractivity contribution in [2.24, 2.45) is 5.84 Å². The first kappa shape index (κ1) is 9.31. The number of carboxylic acid groups (broad SMARTS) is 1. The molecule has 0 aliphatic heterocycles. The summed E-state index contributed by atoms with van der Waals surface area (Å²) in [5.41, 5.74) is 1.44. The topological polar surface area (TPSA) is 101 Å². The number of aromatic nitrogens is 2. The van der Waals surface area contributed by atoms with Gasteiger partial charge in [0, 0.05) is 12.4 Å². The molecule has 6 heteroatoms. The third kappa shape index (κ3) is 8.31. The van der Waals surface area contributed by atoms with Gasteiger partial charge in [-0.2, -0.15) is 10.2 Å². The van der Waals surface area contributed by atoms with E-state index in [1.807, 2.05) is 12.1 Å². The van der Waals surface area contributed by atoms with Gasteiger partial charge >= 0.3 is 6.09 Å². The molecule has 0 unspecified atom stereocenters. The molecule has 0 aromatic carbocycles. The lowest BCUT2D eigenvalue weighted by Gasteiger charge is -1.79. The normalized spacial score (nSPS) is 7.36. The lowest BCUT2D eigenvalue weighted by atomic mass is 10.6. The summed E-state index contributed by atoms with van der Waals surface area (Å²) in [6.45, 7) is 0.